The van der Waals surface area contributed by atoms with Crippen molar-refractivity contribution in [3.05, 3.63) is 12.2 Å². The lowest BCUT2D eigenvalue weighted by Crippen LogP contribution is -2.34. The zero-order valence-corrected chi connectivity index (χ0v) is 29.6. The molecule has 0 aromatic carbocycles. The zero-order chi connectivity index (χ0) is 34.3. The largest absolute Gasteiger partial charge is 0.480 e. The minimum atomic E-state index is -4.70. The number of esters is 2. The fraction of sp³-hybridized carbons (Fsp3) is 0.853. The number of rotatable bonds is 33. The molecule has 46 heavy (non-hydrogen) atoms. The number of carbonyl (C=O) groups excluding carboxylic acids is 2. The number of phosphoric ester groups is 1. The fourth-order valence-electron chi connectivity index (χ4n) is 4.63. The summed E-state index contributed by atoms with van der Waals surface area (Å²) in [5.41, 5.74) is 5.30. The average Bonchev–Trinajstić information content (AvgIpc) is 3.02. The van der Waals surface area contributed by atoms with Crippen LogP contribution in [0, 0.1) is 0 Å². The summed E-state index contributed by atoms with van der Waals surface area (Å²) in [5, 5.41) is 8.82. The summed E-state index contributed by atoms with van der Waals surface area (Å²) in [7, 11) is -4.70. The van der Waals surface area contributed by atoms with Gasteiger partial charge in [-0.25, -0.2) is 4.57 Å². The average molecular weight is 678 g/mol. The first kappa shape index (κ1) is 44.2. The van der Waals surface area contributed by atoms with Gasteiger partial charge in [0.25, 0.3) is 0 Å². The van der Waals surface area contributed by atoms with E-state index in [4.69, 9.17) is 24.8 Å². The first-order valence-corrected chi connectivity index (χ1v) is 19.2. The van der Waals surface area contributed by atoms with Crippen LogP contribution < -0.4 is 5.73 Å². The van der Waals surface area contributed by atoms with Crippen molar-refractivity contribution in [2.24, 2.45) is 5.73 Å². The summed E-state index contributed by atoms with van der Waals surface area (Å²) in [6.07, 6.45) is 25.9. The number of unbranched alkanes of at least 4 members (excludes halogenated alkanes) is 17. The number of ether oxygens (including phenoxy) is 2. The maximum Gasteiger partial charge on any atom is 0.472 e. The van der Waals surface area contributed by atoms with Gasteiger partial charge in [-0.05, 0) is 32.1 Å². The van der Waals surface area contributed by atoms with Crippen molar-refractivity contribution in [3.8, 4) is 0 Å². The summed E-state index contributed by atoms with van der Waals surface area (Å²) < 4.78 is 32.4. The number of nitrogens with two attached hydrogens (primary N) is 1. The monoisotopic (exact) mass is 677 g/mol. The van der Waals surface area contributed by atoms with Gasteiger partial charge in [0.2, 0.25) is 0 Å². The quantitative estimate of drug-likeness (QED) is 0.0265. The Morgan fingerprint density at radius 3 is 1.65 bits per heavy atom. The second-order valence-corrected chi connectivity index (χ2v) is 13.5. The Balaban J connectivity index is 4.41. The summed E-state index contributed by atoms with van der Waals surface area (Å²) in [4.78, 5) is 45.5. The number of allylic oxidation sites excluding steroid dienone is 2. The third-order valence-electron chi connectivity index (χ3n) is 7.51. The van der Waals surface area contributed by atoms with Crippen molar-refractivity contribution in [1.29, 1.82) is 0 Å². The molecule has 0 aromatic rings. The molecule has 0 spiro atoms. The van der Waals surface area contributed by atoms with Crippen LogP contribution in [0.15, 0.2) is 12.2 Å². The fourth-order valence-corrected chi connectivity index (χ4v) is 5.41. The topological polar surface area (TPSA) is 172 Å². The van der Waals surface area contributed by atoms with E-state index >= 15 is 0 Å². The smallest absolute Gasteiger partial charge is 0.472 e. The van der Waals surface area contributed by atoms with Gasteiger partial charge in [0.1, 0.15) is 12.6 Å². The van der Waals surface area contributed by atoms with E-state index in [-0.39, 0.29) is 19.4 Å². The number of carbonyl (C=O) groups is 3. The molecular formula is C34H64NO10P. The summed E-state index contributed by atoms with van der Waals surface area (Å²) in [5.74, 6) is -2.39. The van der Waals surface area contributed by atoms with Crippen LogP contribution in [0.3, 0.4) is 0 Å². The Morgan fingerprint density at radius 1 is 0.652 bits per heavy atom. The van der Waals surface area contributed by atoms with Crippen LogP contribution in [0.4, 0.5) is 0 Å². The third kappa shape index (κ3) is 29.6. The van der Waals surface area contributed by atoms with E-state index in [1.54, 1.807) is 0 Å². The summed E-state index contributed by atoms with van der Waals surface area (Å²) in [6.45, 7) is 2.69. The SMILES string of the molecule is CCCC/C=C/CCCCCCCCCCCC(=O)O[C@@H](COC(=O)CCCCCCCCC)COP(=O)(O)OC[C@H](N)C(=O)O. The van der Waals surface area contributed by atoms with Crippen molar-refractivity contribution in [2.45, 2.75) is 167 Å². The predicted molar refractivity (Wildman–Crippen MR) is 180 cm³/mol. The first-order valence-electron chi connectivity index (χ1n) is 17.7. The lowest BCUT2D eigenvalue weighted by atomic mass is 10.1. The van der Waals surface area contributed by atoms with E-state index < -0.39 is 51.1 Å². The van der Waals surface area contributed by atoms with Crippen LogP contribution in [0.25, 0.3) is 0 Å². The van der Waals surface area contributed by atoms with Crippen LogP contribution in [0.2, 0.25) is 0 Å². The zero-order valence-electron chi connectivity index (χ0n) is 28.7. The maximum absolute atomic E-state index is 12.5. The Morgan fingerprint density at radius 2 is 1.11 bits per heavy atom. The molecule has 0 radical (unpaired) electrons. The van der Waals surface area contributed by atoms with Gasteiger partial charge >= 0.3 is 25.7 Å². The van der Waals surface area contributed by atoms with Gasteiger partial charge in [-0.2, -0.15) is 0 Å². The van der Waals surface area contributed by atoms with Gasteiger partial charge < -0.3 is 25.2 Å². The molecule has 12 heteroatoms. The predicted octanol–water partition coefficient (Wildman–Crippen LogP) is 8.17. The third-order valence-corrected chi connectivity index (χ3v) is 8.46. The van der Waals surface area contributed by atoms with E-state index in [0.717, 1.165) is 38.5 Å². The summed E-state index contributed by atoms with van der Waals surface area (Å²) in [6, 6.07) is -1.52. The Hall–Kier alpha value is -1.78. The molecule has 0 aliphatic rings. The molecular weight excluding hydrogens is 613 g/mol. The van der Waals surface area contributed by atoms with Gasteiger partial charge in [-0.3, -0.25) is 23.4 Å². The van der Waals surface area contributed by atoms with E-state index in [1.165, 1.54) is 77.0 Å². The number of aliphatic carboxylic acids is 1. The molecule has 0 saturated heterocycles. The molecule has 270 valence electrons. The first-order chi connectivity index (χ1) is 22.1. The molecule has 0 rings (SSSR count). The lowest BCUT2D eigenvalue weighted by molar-refractivity contribution is -0.161. The number of hydrogen-bond acceptors (Lipinski definition) is 9. The number of carboxylic acids is 1. The molecule has 0 aliphatic carbocycles. The van der Waals surface area contributed by atoms with Gasteiger partial charge in [-0.1, -0.05) is 122 Å². The van der Waals surface area contributed by atoms with Gasteiger partial charge in [0.05, 0.1) is 13.2 Å². The lowest BCUT2D eigenvalue weighted by Gasteiger charge is -2.20. The van der Waals surface area contributed by atoms with Crippen LogP contribution in [0.1, 0.15) is 155 Å². The Labute approximate surface area is 278 Å². The molecule has 3 atom stereocenters. The summed E-state index contributed by atoms with van der Waals surface area (Å²) >= 11 is 0. The van der Waals surface area contributed by atoms with Crippen molar-refractivity contribution >= 4 is 25.7 Å². The van der Waals surface area contributed by atoms with Crippen molar-refractivity contribution < 1.29 is 47.5 Å². The number of phosphoric acid groups is 1. The van der Waals surface area contributed by atoms with E-state index in [2.05, 4.69) is 30.5 Å². The minimum absolute atomic E-state index is 0.162. The molecule has 0 aliphatic heterocycles. The number of hydrogen-bond donors (Lipinski definition) is 3. The van der Waals surface area contributed by atoms with Crippen molar-refractivity contribution in [3.63, 3.8) is 0 Å². The van der Waals surface area contributed by atoms with E-state index in [1.807, 2.05) is 0 Å². The standard InChI is InChI=1S/C34H64NO10P/c1-3-5-7-9-11-12-13-14-15-16-17-18-20-22-24-26-33(37)45-30(28-43-46(40,41)44-29-31(35)34(38)39)27-42-32(36)25-23-21-19-10-8-6-4-2/h9,11,30-31H,3-8,10,12-29,35H2,1-2H3,(H,38,39)(H,40,41)/b11-9+/t30-,31-/m0/s1. The van der Waals surface area contributed by atoms with Gasteiger partial charge in [0.15, 0.2) is 6.10 Å². The normalized spacial score (nSPS) is 14.2. The van der Waals surface area contributed by atoms with E-state index in [9.17, 15) is 23.8 Å². The number of carboxylic acid groups (broad SMARTS) is 1. The van der Waals surface area contributed by atoms with Crippen LogP contribution in [-0.4, -0.2) is 59.9 Å². The maximum atomic E-state index is 12.5. The minimum Gasteiger partial charge on any atom is -0.480 e. The molecule has 0 saturated carbocycles. The highest BCUT2D eigenvalue weighted by Gasteiger charge is 2.28. The van der Waals surface area contributed by atoms with Crippen LogP contribution in [0.5, 0.6) is 0 Å². The molecule has 4 N–H and O–H groups in total. The van der Waals surface area contributed by atoms with Gasteiger partial charge in [0, 0.05) is 12.8 Å². The molecule has 0 fully saturated rings. The Bertz CT molecular complexity index is 854. The van der Waals surface area contributed by atoms with E-state index in [0.29, 0.717) is 12.8 Å². The highest BCUT2D eigenvalue weighted by atomic mass is 31.2. The second kappa shape index (κ2) is 30.5. The van der Waals surface area contributed by atoms with Crippen molar-refractivity contribution in [1.82, 2.24) is 0 Å². The van der Waals surface area contributed by atoms with Crippen LogP contribution >= 0.6 is 7.82 Å². The molecule has 11 nitrogen and oxygen atoms in total. The molecule has 0 bridgehead atoms. The van der Waals surface area contributed by atoms with Gasteiger partial charge in [-0.15, -0.1) is 0 Å². The molecule has 0 aromatic heterocycles. The molecule has 0 heterocycles. The Kier molecular flexibility index (Phi) is 29.4. The van der Waals surface area contributed by atoms with Crippen LogP contribution in [-0.2, 0) is 37.5 Å². The van der Waals surface area contributed by atoms with Crippen molar-refractivity contribution in [2.75, 3.05) is 19.8 Å². The molecule has 1 unspecified atom stereocenters. The highest BCUT2D eigenvalue weighted by Crippen LogP contribution is 2.43. The highest BCUT2D eigenvalue weighted by molar-refractivity contribution is 7.47. The second-order valence-electron chi connectivity index (χ2n) is 12.0. The molecule has 0 amide bonds.